The lowest BCUT2D eigenvalue weighted by Crippen LogP contribution is -2.21. The van der Waals surface area contributed by atoms with Crippen molar-refractivity contribution in [1.29, 1.82) is 0 Å². The number of nitrogens with two attached hydrogens (primary N) is 1. The Hall–Kier alpha value is -0.940. The van der Waals surface area contributed by atoms with Crippen molar-refractivity contribution in [1.82, 2.24) is 4.98 Å². The summed E-state index contributed by atoms with van der Waals surface area (Å²) in [5.41, 5.74) is 5.94. The van der Waals surface area contributed by atoms with E-state index < -0.39 is 5.97 Å². The van der Waals surface area contributed by atoms with E-state index in [-0.39, 0.29) is 5.54 Å². The second-order valence-electron chi connectivity index (χ2n) is 3.79. The summed E-state index contributed by atoms with van der Waals surface area (Å²) >= 11 is 1.24. The quantitative estimate of drug-likeness (QED) is 0.788. The molecule has 1 saturated carbocycles. The molecule has 2 rings (SSSR count). The van der Waals surface area contributed by atoms with Gasteiger partial charge < -0.3 is 10.8 Å². The highest BCUT2D eigenvalue weighted by Crippen LogP contribution is 2.36. The number of hydrogen-bond acceptors (Lipinski definition) is 4. The summed E-state index contributed by atoms with van der Waals surface area (Å²) in [7, 11) is 0. The van der Waals surface area contributed by atoms with E-state index in [2.05, 4.69) is 4.98 Å². The second kappa shape index (κ2) is 3.33. The molecular formula is C9H12N2O2S. The van der Waals surface area contributed by atoms with Gasteiger partial charge in [0.2, 0.25) is 0 Å². The number of aryl methyl sites for hydroxylation is 1. The zero-order valence-electron chi connectivity index (χ0n) is 7.69. The van der Waals surface area contributed by atoms with Crippen molar-refractivity contribution in [2.75, 3.05) is 0 Å². The lowest BCUT2D eigenvalue weighted by molar-refractivity contribution is 0.0702. The van der Waals surface area contributed by atoms with E-state index in [1.807, 2.05) is 0 Å². The van der Waals surface area contributed by atoms with E-state index in [1.54, 1.807) is 0 Å². The van der Waals surface area contributed by atoms with Gasteiger partial charge in [0.1, 0.15) is 4.88 Å². The predicted molar refractivity (Wildman–Crippen MR) is 53.5 cm³/mol. The molecule has 0 aliphatic heterocycles. The molecule has 0 aromatic carbocycles. The third-order valence-electron chi connectivity index (χ3n) is 2.49. The predicted octanol–water partition coefficient (Wildman–Crippen LogP) is 1.27. The van der Waals surface area contributed by atoms with Crippen molar-refractivity contribution in [3.63, 3.8) is 0 Å². The first-order valence-electron chi connectivity index (χ1n) is 4.56. The lowest BCUT2D eigenvalue weighted by Gasteiger charge is -2.04. The molecule has 1 aliphatic carbocycles. The standard InChI is InChI=1S/C9H12N2O2S/c10-9(3-4-9)2-1-7-11-5-6(14-7)8(12)13/h5H,1-4,10H2,(H,12,13). The fourth-order valence-corrected chi connectivity index (χ4v) is 2.05. The third-order valence-corrected chi connectivity index (χ3v) is 3.54. The van der Waals surface area contributed by atoms with Gasteiger partial charge in [0, 0.05) is 12.0 Å². The Morgan fingerprint density at radius 2 is 2.43 bits per heavy atom. The van der Waals surface area contributed by atoms with Gasteiger partial charge in [-0.15, -0.1) is 11.3 Å². The van der Waals surface area contributed by atoms with E-state index in [0.29, 0.717) is 4.88 Å². The van der Waals surface area contributed by atoms with Gasteiger partial charge in [-0.3, -0.25) is 0 Å². The van der Waals surface area contributed by atoms with Crippen LogP contribution in [0.4, 0.5) is 0 Å². The highest BCUT2D eigenvalue weighted by atomic mass is 32.1. The van der Waals surface area contributed by atoms with Crippen molar-refractivity contribution < 1.29 is 9.90 Å². The minimum absolute atomic E-state index is 0.0229. The maximum atomic E-state index is 10.6. The molecule has 1 fully saturated rings. The summed E-state index contributed by atoms with van der Waals surface area (Å²) in [6, 6.07) is 0. The molecule has 4 nitrogen and oxygen atoms in total. The van der Waals surface area contributed by atoms with Crippen LogP contribution >= 0.6 is 11.3 Å². The van der Waals surface area contributed by atoms with Crippen LogP contribution in [0.5, 0.6) is 0 Å². The van der Waals surface area contributed by atoms with Crippen molar-refractivity contribution >= 4 is 17.3 Å². The van der Waals surface area contributed by atoms with Gasteiger partial charge in [0.05, 0.1) is 11.2 Å². The van der Waals surface area contributed by atoms with Crippen molar-refractivity contribution in [3.8, 4) is 0 Å². The molecule has 5 heteroatoms. The summed E-state index contributed by atoms with van der Waals surface area (Å²) in [4.78, 5) is 14.9. The summed E-state index contributed by atoms with van der Waals surface area (Å²) in [6.07, 6.45) is 5.31. The molecule has 0 atom stereocenters. The minimum Gasteiger partial charge on any atom is -0.477 e. The van der Waals surface area contributed by atoms with E-state index in [1.165, 1.54) is 17.5 Å². The van der Waals surface area contributed by atoms with Crippen LogP contribution in [0.1, 0.15) is 33.9 Å². The van der Waals surface area contributed by atoms with E-state index in [9.17, 15) is 4.79 Å². The largest absolute Gasteiger partial charge is 0.477 e. The van der Waals surface area contributed by atoms with Gasteiger partial charge in [0.25, 0.3) is 0 Å². The highest BCUT2D eigenvalue weighted by molar-refractivity contribution is 7.13. The van der Waals surface area contributed by atoms with Crippen LogP contribution in [-0.4, -0.2) is 21.6 Å². The Morgan fingerprint density at radius 1 is 1.71 bits per heavy atom. The average Bonchev–Trinajstić information content (AvgIpc) is 2.68. The molecule has 0 amide bonds. The Kier molecular flexibility index (Phi) is 2.28. The number of aromatic carboxylic acids is 1. The first kappa shape index (κ1) is 9.61. The van der Waals surface area contributed by atoms with Crippen molar-refractivity contribution in [2.24, 2.45) is 5.73 Å². The first-order chi connectivity index (χ1) is 6.59. The lowest BCUT2D eigenvalue weighted by atomic mass is 10.1. The molecule has 0 unspecified atom stereocenters. The maximum absolute atomic E-state index is 10.6. The molecule has 3 N–H and O–H groups in total. The number of thiazole rings is 1. The van der Waals surface area contributed by atoms with Crippen LogP contribution in [0.25, 0.3) is 0 Å². The molecule has 0 spiro atoms. The van der Waals surface area contributed by atoms with Crippen LogP contribution in [0.2, 0.25) is 0 Å². The van der Waals surface area contributed by atoms with Crippen LogP contribution in [-0.2, 0) is 6.42 Å². The zero-order valence-corrected chi connectivity index (χ0v) is 8.51. The Morgan fingerprint density at radius 3 is 2.93 bits per heavy atom. The molecule has 0 bridgehead atoms. The second-order valence-corrected chi connectivity index (χ2v) is 4.90. The first-order valence-corrected chi connectivity index (χ1v) is 5.38. The van der Waals surface area contributed by atoms with Gasteiger partial charge in [-0.25, -0.2) is 9.78 Å². The number of hydrogen-bond donors (Lipinski definition) is 2. The maximum Gasteiger partial charge on any atom is 0.347 e. The Balaban J connectivity index is 1.93. The molecule has 0 saturated heterocycles. The molecule has 14 heavy (non-hydrogen) atoms. The molecule has 76 valence electrons. The summed E-state index contributed by atoms with van der Waals surface area (Å²) in [5.74, 6) is -0.900. The van der Waals surface area contributed by atoms with Gasteiger partial charge in [-0.1, -0.05) is 0 Å². The molecule has 1 aromatic rings. The summed E-state index contributed by atoms with van der Waals surface area (Å²) < 4.78 is 0. The number of nitrogens with zero attached hydrogens (tertiary/aromatic N) is 1. The SMILES string of the molecule is NC1(CCc2ncc(C(=O)O)s2)CC1. The van der Waals surface area contributed by atoms with E-state index in [4.69, 9.17) is 10.8 Å². The minimum atomic E-state index is -0.900. The number of carboxylic acids is 1. The van der Waals surface area contributed by atoms with Gasteiger partial charge in [0.15, 0.2) is 0 Å². The van der Waals surface area contributed by atoms with Crippen molar-refractivity contribution in [2.45, 2.75) is 31.2 Å². The zero-order chi connectivity index (χ0) is 10.2. The average molecular weight is 212 g/mol. The molecule has 1 heterocycles. The number of carbonyl (C=O) groups is 1. The molecule has 0 radical (unpaired) electrons. The topological polar surface area (TPSA) is 76.2 Å². The number of carboxylic acid groups (broad SMARTS) is 1. The summed E-state index contributed by atoms with van der Waals surface area (Å²) in [6.45, 7) is 0. The van der Waals surface area contributed by atoms with Crippen LogP contribution < -0.4 is 5.73 Å². The highest BCUT2D eigenvalue weighted by Gasteiger charge is 2.37. The van der Waals surface area contributed by atoms with Gasteiger partial charge >= 0.3 is 5.97 Å². The Bertz CT molecular complexity index is 357. The van der Waals surface area contributed by atoms with Crippen molar-refractivity contribution in [3.05, 3.63) is 16.1 Å². The van der Waals surface area contributed by atoms with Gasteiger partial charge in [-0.2, -0.15) is 0 Å². The third kappa shape index (κ3) is 2.10. The van der Waals surface area contributed by atoms with Crippen LogP contribution in [0, 0.1) is 0 Å². The van der Waals surface area contributed by atoms with Crippen LogP contribution in [0.3, 0.4) is 0 Å². The smallest absolute Gasteiger partial charge is 0.347 e. The van der Waals surface area contributed by atoms with E-state index >= 15 is 0 Å². The molecule has 1 aliphatic rings. The number of aromatic nitrogens is 1. The monoisotopic (exact) mass is 212 g/mol. The van der Waals surface area contributed by atoms with Crippen LogP contribution in [0.15, 0.2) is 6.20 Å². The molecule has 1 aromatic heterocycles. The molecular weight excluding hydrogens is 200 g/mol. The Labute approximate surface area is 85.8 Å². The fourth-order valence-electron chi connectivity index (χ4n) is 1.29. The van der Waals surface area contributed by atoms with E-state index in [0.717, 1.165) is 30.7 Å². The summed E-state index contributed by atoms with van der Waals surface area (Å²) in [5, 5.41) is 9.56. The van der Waals surface area contributed by atoms with Gasteiger partial charge in [-0.05, 0) is 19.3 Å². The normalized spacial score (nSPS) is 18.1. The number of rotatable bonds is 4. The fraction of sp³-hybridized carbons (Fsp3) is 0.556.